The third-order valence-electron chi connectivity index (χ3n) is 3.84. The van der Waals surface area contributed by atoms with E-state index in [9.17, 15) is 4.79 Å². The van der Waals surface area contributed by atoms with Crippen molar-refractivity contribution in [1.82, 2.24) is 4.90 Å². The number of carbonyl (C=O) groups is 1. The fourth-order valence-corrected chi connectivity index (χ4v) is 4.83. The van der Waals surface area contributed by atoms with Crippen LogP contribution in [0, 0.1) is 0 Å². The van der Waals surface area contributed by atoms with Gasteiger partial charge in [-0.3, -0.25) is 4.79 Å². The predicted molar refractivity (Wildman–Crippen MR) is 105 cm³/mol. The molecular weight excluding hydrogens is 358 g/mol. The smallest absolute Gasteiger partial charge is 0.233 e. The van der Waals surface area contributed by atoms with Crippen LogP contribution in [0.1, 0.15) is 31.7 Å². The Bertz CT molecular complexity index is 591. The Hall–Kier alpha value is -1.21. The molecule has 1 fully saturated rings. The molecule has 1 aromatic rings. The summed E-state index contributed by atoms with van der Waals surface area (Å²) in [5.74, 6) is 3.55. The van der Waals surface area contributed by atoms with E-state index < -0.39 is 0 Å². The van der Waals surface area contributed by atoms with Gasteiger partial charge in [-0.2, -0.15) is 11.8 Å². The van der Waals surface area contributed by atoms with Crippen molar-refractivity contribution in [3.05, 3.63) is 17.7 Å². The van der Waals surface area contributed by atoms with Crippen LogP contribution in [0.5, 0.6) is 17.2 Å². The van der Waals surface area contributed by atoms with Gasteiger partial charge >= 0.3 is 0 Å². The zero-order valence-electron chi connectivity index (χ0n) is 15.8. The lowest BCUT2D eigenvalue weighted by Crippen LogP contribution is -2.31. The second-order valence-corrected chi connectivity index (χ2v) is 9.65. The summed E-state index contributed by atoms with van der Waals surface area (Å²) in [6, 6.07) is 3.67. The zero-order valence-corrected chi connectivity index (χ0v) is 17.4. The first-order valence-electron chi connectivity index (χ1n) is 8.15. The van der Waals surface area contributed by atoms with Gasteiger partial charge in [-0.15, -0.1) is 11.8 Å². The fourth-order valence-electron chi connectivity index (χ4n) is 2.66. The molecule has 1 atom stereocenters. The summed E-state index contributed by atoms with van der Waals surface area (Å²) < 4.78 is 16.6. The van der Waals surface area contributed by atoms with E-state index in [0.29, 0.717) is 29.5 Å². The molecule has 0 saturated carbocycles. The van der Waals surface area contributed by atoms with E-state index in [4.69, 9.17) is 14.2 Å². The Morgan fingerprint density at radius 3 is 2.24 bits per heavy atom. The highest BCUT2D eigenvalue weighted by Gasteiger charge is 2.36. The minimum absolute atomic E-state index is 0.108. The van der Waals surface area contributed by atoms with Crippen molar-refractivity contribution in [2.24, 2.45) is 0 Å². The van der Waals surface area contributed by atoms with Crippen molar-refractivity contribution in [3.8, 4) is 17.2 Å². The maximum absolute atomic E-state index is 12.4. The van der Waals surface area contributed by atoms with Gasteiger partial charge in [0.2, 0.25) is 5.91 Å². The molecule has 0 radical (unpaired) electrons. The summed E-state index contributed by atoms with van der Waals surface area (Å²) in [6.07, 6.45) is 0. The second-order valence-electron chi connectivity index (χ2n) is 6.66. The highest BCUT2D eigenvalue weighted by atomic mass is 32.2. The molecule has 1 aliphatic heterocycles. The summed E-state index contributed by atoms with van der Waals surface area (Å²) in [5, 5.41) is -0.108. The van der Waals surface area contributed by atoms with Gasteiger partial charge in [-0.25, -0.2) is 0 Å². The van der Waals surface area contributed by atoms with E-state index in [2.05, 4.69) is 20.8 Å². The zero-order chi connectivity index (χ0) is 18.6. The third-order valence-corrected chi connectivity index (χ3v) is 6.31. The summed E-state index contributed by atoms with van der Waals surface area (Å²) in [5.41, 5.74) is 0.891. The topological polar surface area (TPSA) is 48.0 Å². The van der Waals surface area contributed by atoms with E-state index in [1.54, 1.807) is 33.1 Å². The predicted octanol–water partition coefficient (Wildman–Crippen LogP) is 3.82. The quantitative estimate of drug-likeness (QED) is 0.711. The lowest BCUT2D eigenvalue weighted by Gasteiger charge is -2.28. The molecule has 7 heteroatoms. The number of nitrogens with zero attached hydrogens (tertiary/aromatic N) is 1. The average Bonchev–Trinajstić information content (AvgIpc) is 2.93. The molecule has 1 unspecified atom stereocenters. The molecule has 0 aliphatic carbocycles. The minimum atomic E-state index is -0.108. The van der Waals surface area contributed by atoms with Crippen molar-refractivity contribution in [2.45, 2.75) is 30.9 Å². The van der Waals surface area contributed by atoms with Crippen LogP contribution < -0.4 is 14.2 Å². The summed E-state index contributed by atoms with van der Waals surface area (Å²) in [7, 11) is 4.86. The molecule has 5 nitrogen and oxygen atoms in total. The van der Waals surface area contributed by atoms with Gasteiger partial charge in [0.1, 0.15) is 22.6 Å². The highest BCUT2D eigenvalue weighted by molar-refractivity contribution is 8.01. The first-order valence-corrected chi connectivity index (χ1v) is 10.2. The summed E-state index contributed by atoms with van der Waals surface area (Å²) in [4.78, 5) is 14.4. The summed E-state index contributed by atoms with van der Waals surface area (Å²) >= 11 is 3.47. The van der Waals surface area contributed by atoms with Crippen LogP contribution in [-0.2, 0) is 4.79 Å². The highest BCUT2D eigenvalue weighted by Crippen LogP contribution is 2.48. The van der Waals surface area contributed by atoms with Crippen LogP contribution in [0.25, 0.3) is 0 Å². The van der Waals surface area contributed by atoms with Crippen LogP contribution in [0.15, 0.2) is 12.1 Å². The van der Waals surface area contributed by atoms with Crippen LogP contribution in [0.2, 0.25) is 0 Å². The number of hydrogen-bond acceptors (Lipinski definition) is 6. The number of ether oxygens (including phenoxy) is 3. The van der Waals surface area contributed by atoms with Crippen molar-refractivity contribution in [3.63, 3.8) is 0 Å². The van der Waals surface area contributed by atoms with Crippen LogP contribution in [-0.4, -0.2) is 54.9 Å². The van der Waals surface area contributed by atoms with E-state index in [-0.39, 0.29) is 16.0 Å². The van der Waals surface area contributed by atoms with E-state index in [1.807, 2.05) is 28.8 Å². The van der Waals surface area contributed by atoms with Crippen molar-refractivity contribution < 1.29 is 19.0 Å². The lowest BCUT2D eigenvalue weighted by molar-refractivity contribution is -0.127. The molecular formula is C18H27NO4S2. The number of amides is 1. The van der Waals surface area contributed by atoms with Gasteiger partial charge in [0.15, 0.2) is 0 Å². The molecule has 25 heavy (non-hydrogen) atoms. The molecule has 1 amide bonds. The molecule has 0 spiro atoms. The van der Waals surface area contributed by atoms with Crippen molar-refractivity contribution in [1.29, 1.82) is 0 Å². The third kappa shape index (κ3) is 4.91. The Morgan fingerprint density at radius 1 is 1.16 bits per heavy atom. The van der Waals surface area contributed by atoms with Gasteiger partial charge in [-0.1, -0.05) is 20.8 Å². The van der Waals surface area contributed by atoms with E-state index >= 15 is 0 Å². The van der Waals surface area contributed by atoms with Gasteiger partial charge in [0, 0.05) is 29.2 Å². The Kier molecular flexibility index (Phi) is 6.79. The molecule has 0 aromatic heterocycles. The average molecular weight is 386 g/mol. The first kappa shape index (κ1) is 20.1. The molecule has 140 valence electrons. The molecule has 1 saturated heterocycles. The molecule has 0 N–H and O–H groups in total. The molecule has 1 heterocycles. The lowest BCUT2D eigenvalue weighted by atomic mass is 10.1. The first-order chi connectivity index (χ1) is 11.8. The van der Waals surface area contributed by atoms with E-state index in [1.165, 1.54) is 0 Å². The number of thioether (sulfide) groups is 2. The van der Waals surface area contributed by atoms with Crippen molar-refractivity contribution in [2.75, 3.05) is 39.4 Å². The molecule has 1 aromatic carbocycles. The number of methoxy groups -OCH3 is 3. The molecule has 1 aliphatic rings. The normalized spacial score (nSPS) is 17.8. The van der Waals surface area contributed by atoms with Crippen LogP contribution in [0.4, 0.5) is 0 Å². The summed E-state index contributed by atoms with van der Waals surface area (Å²) in [6.45, 7) is 7.26. The number of hydrogen-bond donors (Lipinski definition) is 0. The maximum atomic E-state index is 12.4. The van der Waals surface area contributed by atoms with Crippen LogP contribution in [0.3, 0.4) is 0 Å². The molecule has 2 rings (SSSR count). The SMILES string of the molecule is COc1cc(OC)c(C2SCC(=O)N2CCSC(C)(C)C)c(OC)c1. The van der Waals surface area contributed by atoms with Crippen LogP contribution >= 0.6 is 23.5 Å². The number of rotatable bonds is 7. The Morgan fingerprint density at radius 2 is 1.76 bits per heavy atom. The number of benzene rings is 1. The van der Waals surface area contributed by atoms with Gasteiger partial charge in [-0.05, 0) is 0 Å². The number of carbonyl (C=O) groups excluding carboxylic acids is 1. The largest absolute Gasteiger partial charge is 0.496 e. The maximum Gasteiger partial charge on any atom is 0.233 e. The van der Waals surface area contributed by atoms with Crippen molar-refractivity contribution >= 4 is 29.4 Å². The molecule has 0 bridgehead atoms. The van der Waals surface area contributed by atoms with Gasteiger partial charge in [0.05, 0.1) is 32.6 Å². The van der Waals surface area contributed by atoms with Gasteiger partial charge in [0.25, 0.3) is 0 Å². The van der Waals surface area contributed by atoms with E-state index in [0.717, 1.165) is 11.3 Å². The monoisotopic (exact) mass is 385 g/mol. The Balaban J connectivity index is 2.30. The standard InChI is InChI=1S/C18H27NO4S2/c1-18(2,3)25-8-7-19-15(20)11-24-17(19)16-13(22-5)9-12(21-4)10-14(16)23-6/h9-10,17H,7-8,11H2,1-6H3. The second kappa shape index (κ2) is 8.45. The fraction of sp³-hybridized carbons (Fsp3) is 0.611. The Labute approximate surface area is 158 Å². The van der Waals surface area contributed by atoms with Gasteiger partial charge < -0.3 is 19.1 Å². The minimum Gasteiger partial charge on any atom is -0.496 e.